The lowest BCUT2D eigenvalue weighted by Crippen LogP contribution is -2.44. The number of fused-ring (bicyclic) bond motifs is 5. The van der Waals surface area contributed by atoms with Crippen molar-refractivity contribution in [3.8, 4) is 11.4 Å². The van der Waals surface area contributed by atoms with Crippen molar-refractivity contribution >= 4 is 28.6 Å². The summed E-state index contributed by atoms with van der Waals surface area (Å²) in [4.78, 5) is 30.7. The van der Waals surface area contributed by atoms with Crippen LogP contribution in [0.3, 0.4) is 0 Å². The average molecular weight is 451 g/mol. The first-order valence-electron chi connectivity index (χ1n) is 11.1. The minimum absolute atomic E-state index is 0.108. The highest BCUT2D eigenvalue weighted by Gasteiger charge is 2.45. The van der Waals surface area contributed by atoms with Gasteiger partial charge in [0.15, 0.2) is 5.60 Å². The van der Waals surface area contributed by atoms with Gasteiger partial charge in [-0.2, -0.15) is 11.8 Å². The third kappa shape index (κ3) is 3.10. The zero-order valence-electron chi connectivity index (χ0n) is 18.3. The number of para-hydroxylation sites is 1. The molecular weight excluding hydrogens is 424 g/mol. The van der Waals surface area contributed by atoms with Crippen molar-refractivity contribution in [1.29, 1.82) is 0 Å². The van der Waals surface area contributed by atoms with E-state index in [2.05, 4.69) is 12.3 Å². The Bertz CT molecular complexity index is 1300. The van der Waals surface area contributed by atoms with E-state index in [1.165, 1.54) is 5.56 Å². The fourth-order valence-corrected chi connectivity index (χ4v) is 5.44. The van der Waals surface area contributed by atoms with Crippen LogP contribution in [-0.2, 0) is 34.7 Å². The molecule has 2 aromatic heterocycles. The summed E-state index contributed by atoms with van der Waals surface area (Å²) in [6.07, 6.45) is 5.39. The number of aliphatic hydroxyl groups is 1. The molecule has 0 bridgehead atoms. The van der Waals surface area contributed by atoms with Crippen molar-refractivity contribution in [2.75, 3.05) is 12.0 Å². The van der Waals surface area contributed by atoms with E-state index in [9.17, 15) is 14.7 Å². The highest BCUT2D eigenvalue weighted by atomic mass is 32.2. The number of esters is 1. The van der Waals surface area contributed by atoms with Crippen molar-refractivity contribution in [3.63, 3.8) is 0 Å². The number of nitrogens with zero attached hydrogens (tertiary/aromatic N) is 2. The summed E-state index contributed by atoms with van der Waals surface area (Å²) in [7, 11) is 0. The second-order valence-corrected chi connectivity index (χ2v) is 9.47. The molecule has 1 aromatic carbocycles. The first-order valence-corrected chi connectivity index (χ1v) is 12.5. The molecule has 0 radical (unpaired) electrons. The number of cyclic esters (lactones) is 1. The molecule has 0 spiro atoms. The summed E-state index contributed by atoms with van der Waals surface area (Å²) in [6, 6.07) is 9.89. The van der Waals surface area contributed by atoms with Crippen molar-refractivity contribution in [2.45, 2.75) is 51.4 Å². The lowest BCUT2D eigenvalue weighted by Gasteiger charge is -2.31. The van der Waals surface area contributed by atoms with E-state index in [0.29, 0.717) is 23.4 Å². The predicted molar refractivity (Wildman–Crippen MR) is 126 cm³/mol. The minimum atomic E-state index is -1.80. The number of aromatic nitrogens is 2. The summed E-state index contributed by atoms with van der Waals surface area (Å²) < 4.78 is 6.89. The van der Waals surface area contributed by atoms with Gasteiger partial charge in [0.25, 0.3) is 5.56 Å². The number of benzene rings is 1. The number of ether oxygens (including phenoxy) is 1. The quantitative estimate of drug-likeness (QED) is 0.356. The molecule has 1 N–H and O–H groups in total. The van der Waals surface area contributed by atoms with Crippen LogP contribution in [0.5, 0.6) is 0 Å². The maximum atomic E-state index is 13.4. The molecule has 5 rings (SSSR count). The molecule has 0 unspecified atom stereocenters. The van der Waals surface area contributed by atoms with Crippen LogP contribution in [0.15, 0.2) is 35.1 Å². The van der Waals surface area contributed by atoms with Gasteiger partial charge in [-0.05, 0) is 55.4 Å². The summed E-state index contributed by atoms with van der Waals surface area (Å²) in [5, 5.41) is 12.2. The Morgan fingerprint density at radius 2 is 2.03 bits per heavy atom. The molecule has 0 aliphatic carbocycles. The Morgan fingerprint density at radius 3 is 2.81 bits per heavy atom. The molecule has 7 heteroatoms. The van der Waals surface area contributed by atoms with Crippen LogP contribution < -0.4 is 5.56 Å². The summed E-state index contributed by atoms with van der Waals surface area (Å²) in [5.74, 6) is 0.428. The second kappa shape index (κ2) is 8.05. The third-order valence-corrected chi connectivity index (χ3v) is 7.44. The van der Waals surface area contributed by atoms with E-state index in [1.807, 2.05) is 30.0 Å². The molecule has 2 aliphatic heterocycles. The van der Waals surface area contributed by atoms with Gasteiger partial charge in [-0.3, -0.25) is 4.79 Å². The third-order valence-electron chi connectivity index (χ3n) is 6.74. The van der Waals surface area contributed by atoms with Gasteiger partial charge < -0.3 is 14.4 Å². The van der Waals surface area contributed by atoms with Gasteiger partial charge in [0, 0.05) is 16.5 Å². The lowest BCUT2D eigenvalue weighted by molar-refractivity contribution is -0.172. The van der Waals surface area contributed by atoms with Gasteiger partial charge in [0.2, 0.25) is 0 Å². The topological polar surface area (TPSA) is 81.4 Å². The number of unbranched alkanes of at least 4 members (excludes halogenated alkanes) is 1. The van der Waals surface area contributed by atoms with Crippen LogP contribution >= 0.6 is 11.8 Å². The highest BCUT2D eigenvalue weighted by molar-refractivity contribution is 7.98. The SMILES string of the molecule is CC[C@@]1(O)C(=O)OCc2c1cc1n(c2=O)Cc2c-1nc1ccccc1c2CCCCSC. The molecule has 4 heterocycles. The summed E-state index contributed by atoms with van der Waals surface area (Å²) >= 11 is 1.85. The van der Waals surface area contributed by atoms with E-state index < -0.39 is 11.6 Å². The molecule has 32 heavy (non-hydrogen) atoms. The Balaban J connectivity index is 1.71. The predicted octanol–water partition coefficient (Wildman–Crippen LogP) is 3.77. The maximum Gasteiger partial charge on any atom is 0.343 e. The number of carbonyl (C=O) groups excluding carboxylic acids is 1. The molecule has 3 aromatic rings. The van der Waals surface area contributed by atoms with E-state index in [4.69, 9.17) is 9.72 Å². The first-order chi connectivity index (χ1) is 15.5. The Morgan fingerprint density at radius 1 is 1.22 bits per heavy atom. The van der Waals surface area contributed by atoms with Gasteiger partial charge in [0.1, 0.15) is 6.61 Å². The lowest BCUT2D eigenvalue weighted by atomic mass is 9.86. The molecular formula is C25H26N2O4S. The summed E-state index contributed by atoms with van der Waals surface area (Å²) in [5.41, 5.74) is 3.35. The Hall–Kier alpha value is -2.64. The van der Waals surface area contributed by atoms with Crippen LogP contribution in [-0.4, -0.2) is 32.6 Å². The van der Waals surface area contributed by atoms with Crippen molar-refractivity contribution in [2.24, 2.45) is 0 Å². The minimum Gasteiger partial charge on any atom is -0.458 e. The van der Waals surface area contributed by atoms with E-state index in [-0.39, 0.29) is 18.6 Å². The number of hydrogen-bond acceptors (Lipinski definition) is 6. The standard InChI is InChI=1S/C25H26N2O4S/c1-3-25(30)19-12-21-22-17(13-27(21)23(28)18(19)14-31-24(25)29)15(8-6-7-11-32-2)16-9-4-5-10-20(16)26-22/h4-5,9-10,12,30H,3,6-8,11,13-14H2,1-2H3/t25-/m0/s1. The molecule has 0 fully saturated rings. The number of pyridine rings is 2. The largest absolute Gasteiger partial charge is 0.458 e. The van der Waals surface area contributed by atoms with Crippen LogP contribution in [0.1, 0.15) is 48.4 Å². The number of rotatable bonds is 6. The smallest absolute Gasteiger partial charge is 0.343 e. The number of thioether (sulfide) groups is 1. The second-order valence-electron chi connectivity index (χ2n) is 8.49. The molecule has 166 valence electrons. The normalized spacial score (nSPS) is 18.9. The number of aryl methyl sites for hydroxylation is 1. The van der Waals surface area contributed by atoms with Crippen molar-refractivity contribution in [3.05, 3.63) is 62.9 Å². The zero-order valence-corrected chi connectivity index (χ0v) is 19.1. The highest BCUT2D eigenvalue weighted by Crippen LogP contribution is 2.40. The Kier molecular flexibility index (Phi) is 5.34. The van der Waals surface area contributed by atoms with Crippen LogP contribution in [0.2, 0.25) is 0 Å². The molecule has 0 amide bonds. The van der Waals surface area contributed by atoms with E-state index >= 15 is 0 Å². The van der Waals surface area contributed by atoms with Crippen LogP contribution in [0, 0.1) is 0 Å². The molecule has 6 nitrogen and oxygen atoms in total. The monoisotopic (exact) mass is 450 g/mol. The van der Waals surface area contributed by atoms with Gasteiger partial charge >= 0.3 is 5.97 Å². The van der Waals surface area contributed by atoms with Gasteiger partial charge in [-0.25, -0.2) is 9.78 Å². The summed E-state index contributed by atoms with van der Waals surface area (Å²) in [6.45, 7) is 2.06. The average Bonchev–Trinajstić information content (AvgIpc) is 3.17. The molecule has 0 saturated heterocycles. The zero-order chi connectivity index (χ0) is 22.5. The van der Waals surface area contributed by atoms with Gasteiger partial charge in [-0.15, -0.1) is 0 Å². The molecule has 1 atom stereocenters. The van der Waals surface area contributed by atoms with Crippen molar-refractivity contribution < 1.29 is 14.6 Å². The fraction of sp³-hybridized carbons (Fsp3) is 0.400. The van der Waals surface area contributed by atoms with Crippen LogP contribution in [0.4, 0.5) is 0 Å². The number of carbonyl (C=O) groups is 1. The molecule has 2 aliphatic rings. The van der Waals surface area contributed by atoms with Gasteiger partial charge in [0.05, 0.1) is 29.0 Å². The Labute approximate surface area is 190 Å². The first kappa shape index (κ1) is 21.2. The van der Waals surface area contributed by atoms with E-state index in [0.717, 1.165) is 47.2 Å². The van der Waals surface area contributed by atoms with Crippen molar-refractivity contribution in [1.82, 2.24) is 9.55 Å². The maximum absolute atomic E-state index is 13.4. The molecule has 0 saturated carbocycles. The fourth-order valence-electron chi connectivity index (χ4n) is 4.95. The van der Waals surface area contributed by atoms with E-state index in [1.54, 1.807) is 17.6 Å². The van der Waals surface area contributed by atoms with Crippen LogP contribution in [0.25, 0.3) is 22.3 Å². The van der Waals surface area contributed by atoms with Gasteiger partial charge in [-0.1, -0.05) is 25.1 Å². The number of hydrogen-bond donors (Lipinski definition) is 1.